The molecule has 5 nitrogen and oxygen atoms in total. The Morgan fingerprint density at radius 3 is 2.41 bits per heavy atom. The van der Waals surface area contributed by atoms with Crippen molar-refractivity contribution in [2.45, 2.75) is 12.3 Å². The van der Waals surface area contributed by atoms with Gasteiger partial charge in [-0.15, -0.1) is 0 Å². The molecule has 0 spiro atoms. The van der Waals surface area contributed by atoms with Gasteiger partial charge in [-0.3, -0.25) is 9.59 Å². The van der Waals surface area contributed by atoms with Crippen LogP contribution < -0.4 is 16.8 Å². The smallest absolute Gasteiger partial charge is 0.228 e. The average molecular weight is 235 g/mol. The van der Waals surface area contributed by atoms with E-state index in [9.17, 15) is 9.59 Å². The summed E-state index contributed by atoms with van der Waals surface area (Å²) in [6.45, 7) is 0.476. The van der Waals surface area contributed by atoms with Gasteiger partial charge < -0.3 is 16.8 Å². The molecular weight excluding hydrogens is 218 g/mol. The van der Waals surface area contributed by atoms with Crippen LogP contribution >= 0.6 is 0 Å². The maximum atomic E-state index is 11.8. The molecule has 5 heteroatoms. The van der Waals surface area contributed by atoms with Crippen LogP contribution in [0.1, 0.15) is 17.9 Å². The fourth-order valence-electron chi connectivity index (χ4n) is 1.51. The van der Waals surface area contributed by atoms with Crippen molar-refractivity contribution in [1.82, 2.24) is 5.32 Å². The number of amides is 2. The zero-order chi connectivity index (χ0) is 12.7. The van der Waals surface area contributed by atoms with Crippen LogP contribution in [0.3, 0.4) is 0 Å². The van der Waals surface area contributed by atoms with Gasteiger partial charge >= 0.3 is 0 Å². The first kappa shape index (κ1) is 13.2. The highest BCUT2D eigenvalue weighted by atomic mass is 16.2. The lowest BCUT2D eigenvalue weighted by molar-refractivity contribution is -0.122. The Bertz CT molecular complexity index is 379. The summed E-state index contributed by atoms with van der Waals surface area (Å²) in [5.74, 6) is -1.00. The summed E-state index contributed by atoms with van der Waals surface area (Å²) in [6.07, 6.45) is 0.137. The number of carbonyl (C=O) groups is 2. The molecule has 0 aliphatic rings. The van der Waals surface area contributed by atoms with E-state index in [1.54, 1.807) is 0 Å². The predicted molar refractivity (Wildman–Crippen MR) is 65.1 cm³/mol. The van der Waals surface area contributed by atoms with Crippen molar-refractivity contribution in [2.24, 2.45) is 11.5 Å². The molecule has 0 fully saturated rings. The van der Waals surface area contributed by atoms with Crippen LogP contribution in [0.2, 0.25) is 0 Å². The van der Waals surface area contributed by atoms with E-state index in [-0.39, 0.29) is 31.3 Å². The third-order valence-electron chi connectivity index (χ3n) is 2.42. The molecule has 2 amide bonds. The van der Waals surface area contributed by atoms with Gasteiger partial charge in [0.1, 0.15) is 0 Å². The highest BCUT2D eigenvalue weighted by Gasteiger charge is 2.18. The molecule has 0 radical (unpaired) electrons. The number of hydrogen-bond donors (Lipinski definition) is 3. The first-order valence-corrected chi connectivity index (χ1v) is 5.46. The summed E-state index contributed by atoms with van der Waals surface area (Å²) in [5, 5.41) is 2.64. The van der Waals surface area contributed by atoms with Gasteiger partial charge in [-0.2, -0.15) is 0 Å². The molecule has 1 unspecified atom stereocenters. The van der Waals surface area contributed by atoms with Crippen molar-refractivity contribution in [1.29, 1.82) is 0 Å². The number of nitrogens with two attached hydrogens (primary N) is 2. The van der Waals surface area contributed by atoms with E-state index in [1.165, 1.54) is 0 Å². The maximum Gasteiger partial charge on any atom is 0.228 e. The zero-order valence-electron chi connectivity index (χ0n) is 9.56. The molecule has 1 aromatic rings. The van der Waals surface area contributed by atoms with Gasteiger partial charge in [0, 0.05) is 19.5 Å². The van der Waals surface area contributed by atoms with E-state index in [2.05, 4.69) is 5.32 Å². The summed E-state index contributed by atoms with van der Waals surface area (Å²) in [7, 11) is 0. The van der Waals surface area contributed by atoms with E-state index in [1.807, 2.05) is 30.3 Å². The number of rotatable bonds is 6. The average Bonchev–Trinajstić information content (AvgIpc) is 2.31. The van der Waals surface area contributed by atoms with Gasteiger partial charge in [0.25, 0.3) is 0 Å². The standard InChI is InChI=1S/C12H17N3O2/c13-8-10(9-4-2-1-3-5-9)12(17)15-7-6-11(14)16/h1-5,10H,6-8,13H2,(H2,14,16)(H,15,17). The Morgan fingerprint density at radius 2 is 1.88 bits per heavy atom. The second-order valence-corrected chi connectivity index (χ2v) is 3.71. The van der Waals surface area contributed by atoms with Gasteiger partial charge in [0.2, 0.25) is 11.8 Å². The Labute approximate surface area is 100 Å². The molecular formula is C12H17N3O2. The number of benzene rings is 1. The van der Waals surface area contributed by atoms with E-state index in [0.717, 1.165) is 5.56 Å². The van der Waals surface area contributed by atoms with Crippen molar-refractivity contribution < 1.29 is 9.59 Å². The fourth-order valence-corrected chi connectivity index (χ4v) is 1.51. The number of hydrogen-bond acceptors (Lipinski definition) is 3. The summed E-state index contributed by atoms with van der Waals surface area (Å²) < 4.78 is 0. The molecule has 92 valence electrons. The molecule has 0 saturated heterocycles. The summed E-state index contributed by atoms with van der Waals surface area (Å²) in [4.78, 5) is 22.3. The quantitative estimate of drug-likeness (QED) is 0.632. The van der Waals surface area contributed by atoms with Crippen LogP contribution in [0.5, 0.6) is 0 Å². The summed E-state index contributed by atoms with van der Waals surface area (Å²) in [5.41, 5.74) is 11.4. The topological polar surface area (TPSA) is 98.2 Å². The third-order valence-corrected chi connectivity index (χ3v) is 2.42. The van der Waals surface area contributed by atoms with Crippen LogP contribution in [0.4, 0.5) is 0 Å². The van der Waals surface area contributed by atoms with Gasteiger partial charge in [0.15, 0.2) is 0 Å². The second kappa shape index (κ2) is 6.65. The minimum Gasteiger partial charge on any atom is -0.370 e. The van der Waals surface area contributed by atoms with E-state index in [0.29, 0.717) is 0 Å². The largest absolute Gasteiger partial charge is 0.370 e. The van der Waals surface area contributed by atoms with E-state index >= 15 is 0 Å². The first-order valence-electron chi connectivity index (χ1n) is 5.46. The van der Waals surface area contributed by atoms with Gasteiger partial charge in [0.05, 0.1) is 5.92 Å². The molecule has 0 bridgehead atoms. The molecule has 0 saturated carbocycles. The monoisotopic (exact) mass is 235 g/mol. The molecule has 1 atom stereocenters. The minimum atomic E-state index is -0.436. The highest BCUT2D eigenvalue weighted by Crippen LogP contribution is 2.13. The lowest BCUT2D eigenvalue weighted by atomic mass is 9.98. The van der Waals surface area contributed by atoms with Gasteiger partial charge in [-0.1, -0.05) is 30.3 Å². The van der Waals surface area contributed by atoms with Crippen molar-refractivity contribution >= 4 is 11.8 Å². The third kappa shape index (κ3) is 4.24. The van der Waals surface area contributed by atoms with Crippen LogP contribution in [-0.4, -0.2) is 24.9 Å². The minimum absolute atomic E-state index is 0.137. The number of primary amides is 1. The molecule has 0 aliphatic heterocycles. The van der Waals surface area contributed by atoms with Crippen LogP contribution in [0.15, 0.2) is 30.3 Å². The van der Waals surface area contributed by atoms with Crippen LogP contribution in [-0.2, 0) is 9.59 Å². The van der Waals surface area contributed by atoms with E-state index < -0.39 is 5.91 Å². The summed E-state index contributed by atoms with van der Waals surface area (Å²) >= 11 is 0. The van der Waals surface area contributed by atoms with Crippen LogP contribution in [0.25, 0.3) is 0 Å². The normalized spacial score (nSPS) is 11.8. The lowest BCUT2D eigenvalue weighted by Gasteiger charge is -2.14. The molecule has 17 heavy (non-hydrogen) atoms. The highest BCUT2D eigenvalue weighted by molar-refractivity contribution is 5.84. The Morgan fingerprint density at radius 1 is 1.24 bits per heavy atom. The van der Waals surface area contributed by atoms with Crippen molar-refractivity contribution in [2.75, 3.05) is 13.1 Å². The number of nitrogens with one attached hydrogen (secondary N) is 1. The maximum absolute atomic E-state index is 11.8. The Balaban J connectivity index is 2.56. The SMILES string of the molecule is NCC(C(=O)NCCC(N)=O)c1ccccc1. The molecule has 5 N–H and O–H groups in total. The molecule has 0 aromatic heterocycles. The molecule has 1 rings (SSSR count). The van der Waals surface area contributed by atoms with Crippen molar-refractivity contribution in [3.05, 3.63) is 35.9 Å². The molecule has 0 heterocycles. The molecule has 0 aliphatic carbocycles. The Kier molecular flexibility index (Phi) is 5.16. The van der Waals surface area contributed by atoms with Crippen LogP contribution in [0, 0.1) is 0 Å². The van der Waals surface area contributed by atoms with Crippen molar-refractivity contribution in [3.8, 4) is 0 Å². The predicted octanol–water partition coefficient (Wildman–Crippen LogP) is -0.279. The summed E-state index contributed by atoms with van der Waals surface area (Å²) in [6, 6.07) is 9.29. The first-order chi connectivity index (χ1) is 8.15. The Hall–Kier alpha value is -1.88. The second-order valence-electron chi connectivity index (χ2n) is 3.71. The van der Waals surface area contributed by atoms with Crippen molar-refractivity contribution in [3.63, 3.8) is 0 Å². The van der Waals surface area contributed by atoms with E-state index in [4.69, 9.17) is 11.5 Å². The van der Waals surface area contributed by atoms with Gasteiger partial charge in [-0.05, 0) is 5.56 Å². The van der Waals surface area contributed by atoms with Gasteiger partial charge in [-0.25, -0.2) is 0 Å². The number of carbonyl (C=O) groups excluding carboxylic acids is 2. The lowest BCUT2D eigenvalue weighted by Crippen LogP contribution is -2.35. The zero-order valence-corrected chi connectivity index (χ0v) is 9.56. The fraction of sp³-hybridized carbons (Fsp3) is 0.333. The molecule has 1 aromatic carbocycles.